The van der Waals surface area contributed by atoms with Gasteiger partial charge >= 0.3 is 0 Å². The molecule has 28 heavy (non-hydrogen) atoms. The fraction of sp³-hybridized carbons (Fsp3) is 0.143. The number of anilines is 2. The third kappa shape index (κ3) is 3.55. The van der Waals surface area contributed by atoms with Crippen molar-refractivity contribution in [3.63, 3.8) is 0 Å². The van der Waals surface area contributed by atoms with Crippen LogP contribution in [-0.4, -0.2) is 26.6 Å². The summed E-state index contributed by atoms with van der Waals surface area (Å²) in [4.78, 5) is 28.5. The van der Waals surface area contributed by atoms with Crippen LogP contribution < -0.4 is 10.6 Å². The molecule has 1 aliphatic heterocycles. The molecule has 7 nitrogen and oxygen atoms in total. The Morgan fingerprint density at radius 2 is 2.25 bits per heavy atom. The minimum atomic E-state index is -0.252. The van der Waals surface area contributed by atoms with Crippen molar-refractivity contribution >= 4 is 23.2 Å². The molecule has 1 atom stereocenters. The molecule has 4 rings (SSSR count). The van der Waals surface area contributed by atoms with Crippen molar-refractivity contribution in [2.45, 2.75) is 18.9 Å². The monoisotopic (exact) mass is 373 g/mol. The Hall–Kier alpha value is -3.74. The van der Waals surface area contributed by atoms with Gasteiger partial charge in [-0.15, -0.1) is 6.58 Å². The van der Waals surface area contributed by atoms with Crippen molar-refractivity contribution in [2.75, 3.05) is 10.6 Å². The van der Waals surface area contributed by atoms with Gasteiger partial charge in [-0.1, -0.05) is 12.1 Å². The fourth-order valence-electron chi connectivity index (χ4n) is 3.33. The molecule has 140 valence electrons. The van der Waals surface area contributed by atoms with E-state index in [0.717, 1.165) is 11.1 Å². The fourth-order valence-corrected chi connectivity index (χ4v) is 3.33. The summed E-state index contributed by atoms with van der Waals surface area (Å²) in [6.07, 6.45) is 8.97. The van der Waals surface area contributed by atoms with E-state index in [1.54, 1.807) is 41.4 Å². The third-order valence-corrected chi connectivity index (χ3v) is 4.65. The zero-order valence-corrected chi connectivity index (χ0v) is 15.1. The molecule has 3 heterocycles. The molecule has 1 aliphatic rings. The second-order valence-electron chi connectivity index (χ2n) is 6.59. The van der Waals surface area contributed by atoms with Gasteiger partial charge in [0.15, 0.2) is 0 Å². The number of carbonyl (C=O) groups is 2. The number of fused-ring (bicyclic) bond motifs is 1. The van der Waals surface area contributed by atoms with Crippen LogP contribution >= 0.6 is 0 Å². The van der Waals surface area contributed by atoms with Gasteiger partial charge in [-0.2, -0.15) is 5.10 Å². The summed E-state index contributed by atoms with van der Waals surface area (Å²) in [5, 5.41) is 10.1. The second-order valence-corrected chi connectivity index (χ2v) is 6.59. The van der Waals surface area contributed by atoms with Gasteiger partial charge in [-0.05, 0) is 35.4 Å². The highest BCUT2D eigenvalue weighted by molar-refractivity contribution is 6.05. The van der Waals surface area contributed by atoms with Gasteiger partial charge in [0.1, 0.15) is 0 Å². The molecule has 1 aromatic carbocycles. The number of amides is 2. The second kappa shape index (κ2) is 7.48. The minimum Gasteiger partial charge on any atom is -0.326 e. The molecule has 7 heteroatoms. The van der Waals surface area contributed by atoms with E-state index in [0.29, 0.717) is 29.9 Å². The molecule has 0 aliphatic carbocycles. The average Bonchev–Trinajstić information content (AvgIpc) is 3.16. The first-order valence-corrected chi connectivity index (χ1v) is 8.92. The molecule has 0 saturated heterocycles. The summed E-state index contributed by atoms with van der Waals surface area (Å²) in [6, 6.07) is 8.95. The van der Waals surface area contributed by atoms with Crippen molar-refractivity contribution in [2.24, 2.45) is 0 Å². The van der Waals surface area contributed by atoms with Crippen LogP contribution in [0, 0.1) is 0 Å². The topological polar surface area (TPSA) is 88.9 Å². The number of benzene rings is 1. The Morgan fingerprint density at radius 1 is 1.36 bits per heavy atom. The van der Waals surface area contributed by atoms with Crippen molar-refractivity contribution in [3.8, 4) is 0 Å². The van der Waals surface area contributed by atoms with Gasteiger partial charge < -0.3 is 10.6 Å². The SMILES string of the molecule is C=CCn1cc([C@@H]2CC(=O)Nc3cc(NC(=O)c4cccnc4)ccc32)cn1. The maximum Gasteiger partial charge on any atom is 0.257 e. The number of pyridine rings is 1. The summed E-state index contributed by atoms with van der Waals surface area (Å²) in [6.45, 7) is 4.33. The maximum atomic E-state index is 12.3. The molecule has 0 unspecified atom stereocenters. The molecule has 0 radical (unpaired) electrons. The Kier molecular flexibility index (Phi) is 4.72. The molecule has 2 amide bonds. The van der Waals surface area contributed by atoms with E-state index in [1.165, 1.54) is 6.20 Å². The molecule has 2 N–H and O–H groups in total. The van der Waals surface area contributed by atoms with Crippen molar-refractivity contribution in [3.05, 3.63) is 84.5 Å². The van der Waals surface area contributed by atoms with Crippen LogP contribution in [0.3, 0.4) is 0 Å². The van der Waals surface area contributed by atoms with Crippen LogP contribution in [0.15, 0.2) is 67.8 Å². The Morgan fingerprint density at radius 3 is 3.04 bits per heavy atom. The van der Waals surface area contributed by atoms with Crippen LogP contribution in [0.4, 0.5) is 11.4 Å². The number of nitrogens with one attached hydrogen (secondary N) is 2. The minimum absolute atomic E-state index is 0.0651. The van der Waals surface area contributed by atoms with E-state index in [4.69, 9.17) is 0 Å². The van der Waals surface area contributed by atoms with Crippen LogP contribution in [0.5, 0.6) is 0 Å². The predicted octanol–water partition coefficient (Wildman–Crippen LogP) is 3.19. The van der Waals surface area contributed by atoms with Crippen molar-refractivity contribution in [1.82, 2.24) is 14.8 Å². The lowest BCUT2D eigenvalue weighted by molar-refractivity contribution is -0.116. The molecule has 3 aromatic rings. The van der Waals surface area contributed by atoms with Gasteiger partial charge in [0, 0.05) is 42.3 Å². The molecule has 0 saturated carbocycles. The lowest BCUT2D eigenvalue weighted by Crippen LogP contribution is -2.23. The van der Waals surface area contributed by atoms with Gasteiger partial charge in [0.2, 0.25) is 5.91 Å². The van der Waals surface area contributed by atoms with Gasteiger partial charge in [-0.3, -0.25) is 19.3 Å². The molecule has 0 fully saturated rings. The summed E-state index contributed by atoms with van der Waals surface area (Å²) in [5.74, 6) is -0.396. The zero-order valence-electron chi connectivity index (χ0n) is 15.1. The highest BCUT2D eigenvalue weighted by Gasteiger charge is 2.27. The third-order valence-electron chi connectivity index (χ3n) is 4.65. The summed E-state index contributed by atoms with van der Waals surface area (Å²) in [5.41, 5.74) is 3.75. The van der Waals surface area contributed by atoms with E-state index in [1.807, 2.05) is 18.3 Å². The number of hydrogen-bond donors (Lipinski definition) is 2. The van der Waals surface area contributed by atoms with Gasteiger partial charge in [0.25, 0.3) is 5.91 Å². The predicted molar refractivity (Wildman–Crippen MR) is 106 cm³/mol. The van der Waals surface area contributed by atoms with Crippen LogP contribution in [-0.2, 0) is 11.3 Å². The standard InChI is InChI=1S/C21H19N5O2/c1-2-8-26-13-15(12-23-26)18-10-20(27)25-19-9-16(5-6-17(18)19)24-21(28)14-4-3-7-22-11-14/h2-7,9,11-13,18H,1,8,10H2,(H,24,28)(H,25,27)/t18-/m0/s1. The summed E-state index contributed by atoms with van der Waals surface area (Å²) < 4.78 is 1.79. The molecule has 0 spiro atoms. The number of rotatable bonds is 5. The van der Waals surface area contributed by atoms with Crippen molar-refractivity contribution in [1.29, 1.82) is 0 Å². The summed E-state index contributed by atoms with van der Waals surface area (Å²) >= 11 is 0. The Labute approximate surface area is 162 Å². The van der Waals surface area contributed by atoms with Gasteiger partial charge in [0.05, 0.1) is 18.3 Å². The quantitative estimate of drug-likeness (QED) is 0.672. The maximum absolute atomic E-state index is 12.3. The molecular weight excluding hydrogens is 354 g/mol. The Balaban J connectivity index is 1.60. The lowest BCUT2D eigenvalue weighted by Gasteiger charge is -2.25. The molecular formula is C21H19N5O2. The Bertz CT molecular complexity index is 1040. The summed E-state index contributed by atoms with van der Waals surface area (Å²) in [7, 11) is 0. The van der Waals surface area contributed by atoms with E-state index in [2.05, 4.69) is 27.3 Å². The average molecular weight is 373 g/mol. The van der Waals surface area contributed by atoms with E-state index >= 15 is 0 Å². The smallest absolute Gasteiger partial charge is 0.257 e. The number of carbonyl (C=O) groups excluding carboxylic acids is 2. The first-order valence-electron chi connectivity index (χ1n) is 8.92. The van der Waals surface area contributed by atoms with E-state index in [-0.39, 0.29) is 17.7 Å². The number of allylic oxidation sites excluding steroid dienone is 1. The largest absolute Gasteiger partial charge is 0.326 e. The van der Waals surface area contributed by atoms with Gasteiger partial charge in [-0.25, -0.2) is 0 Å². The van der Waals surface area contributed by atoms with Crippen LogP contribution in [0.2, 0.25) is 0 Å². The van der Waals surface area contributed by atoms with Crippen LogP contribution in [0.1, 0.15) is 33.8 Å². The number of hydrogen-bond acceptors (Lipinski definition) is 4. The zero-order chi connectivity index (χ0) is 19.5. The molecule has 2 aromatic heterocycles. The lowest BCUT2D eigenvalue weighted by atomic mass is 9.86. The highest BCUT2D eigenvalue weighted by Crippen LogP contribution is 2.38. The van der Waals surface area contributed by atoms with E-state index in [9.17, 15) is 9.59 Å². The first-order chi connectivity index (χ1) is 13.6. The van der Waals surface area contributed by atoms with E-state index < -0.39 is 0 Å². The highest BCUT2D eigenvalue weighted by atomic mass is 16.2. The number of nitrogens with zero attached hydrogens (tertiary/aromatic N) is 3. The first kappa shape index (κ1) is 17.7. The van der Waals surface area contributed by atoms with Crippen molar-refractivity contribution < 1.29 is 9.59 Å². The van der Waals surface area contributed by atoms with Crippen LogP contribution in [0.25, 0.3) is 0 Å². The normalized spacial score (nSPS) is 15.4. The number of aromatic nitrogens is 3. The molecule has 0 bridgehead atoms.